The zero-order valence-electron chi connectivity index (χ0n) is 20.3. The second kappa shape index (κ2) is 11.9. The van der Waals surface area contributed by atoms with Crippen molar-refractivity contribution in [2.24, 2.45) is 7.05 Å². The molecule has 0 amide bonds. The summed E-state index contributed by atoms with van der Waals surface area (Å²) in [7, 11) is 4.23. The third-order valence-electron chi connectivity index (χ3n) is 6.90. The molecule has 8 nitrogen and oxygen atoms in total. The molecule has 0 spiro atoms. The zero-order chi connectivity index (χ0) is 23.7. The number of halogens is 2. The van der Waals surface area contributed by atoms with Gasteiger partial charge in [-0.2, -0.15) is 0 Å². The van der Waals surface area contributed by atoms with Crippen LogP contribution in [0.15, 0.2) is 29.1 Å². The number of fused-ring (bicyclic) bond motifs is 1. The summed E-state index contributed by atoms with van der Waals surface area (Å²) in [5.41, 5.74) is 2.41. The molecular formula is C25H34Cl2N4O4. The Morgan fingerprint density at radius 3 is 2.60 bits per heavy atom. The number of piperidine rings is 1. The molecule has 1 atom stereocenters. The van der Waals surface area contributed by atoms with Crippen LogP contribution in [0.4, 0.5) is 0 Å². The monoisotopic (exact) mass is 524 g/mol. The first-order valence-electron chi connectivity index (χ1n) is 11.5. The Labute approximate surface area is 217 Å². The fourth-order valence-electron chi connectivity index (χ4n) is 4.92. The van der Waals surface area contributed by atoms with Gasteiger partial charge in [0.2, 0.25) is 0 Å². The lowest BCUT2D eigenvalue weighted by Gasteiger charge is -2.32. The number of hydrogen-bond acceptors (Lipinski definition) is 5. The third-order valence-corrected chi connectivity index (χ3v) is 6.90. The molecule has 4 rings (SSSR count). The molecule has 35 heavy (non-hydrogen) atoms. The van der Waals surface area contributed by atoms with Crippen LogP contribution >= 0.6 is 24.8 Å². The first-order valence-corrected chi connectivity index (χ1v) is 11.5. The molecule has 0 aliphatic carbocycles. The summed E-state index contributed by atoms with van der Waals surface area (Å²) < 4.78 is 2.16. The largest absolute Gasteiger partial charge is 0.506 e. The lowest BCUT2D eigenvalue weighted by molar-refractivity contribution is 0.0691. The summed E-state index contributed by atoms with van der Waals surface area (Å²) in [5.74, 6) is -1.90. The van der Waals surface area contributed by atoms with Gasteiger partial charge in [-0.15, -0.1) is 24.8 Å². The number of pyridine rings is 1. The van der Waals surface area contributed by atoms with Gasteiger partial charge >= 0.3 is 5.97 Å². The van der Waals surface area contributed by atoms with E-state index in [4.69, 9.17) is 0 Å². The molecule has 2 aromatic heterocycles. The number of carboxylic acid groups (broad SMARTS) is 1. The van der Waals surface area contributed by atoms with Crippen molar-refractivity contribution in [3.8, 4) is 17.0 Å². The van der Waals surface area contributed by atoms with E-state index < -0.39 is 22.8 Å². The minimum atomic E-state index is -1.44. The normalized spacial score (nSPS) is 16.0. The molecule has 10 heteroatoms. The van der Waals surface area contributed by atoms with Gasteiger partial charge in [0.15, 0.2) is 5.56 Å². The number of aromatic hydroxyl groups is 1. The van der Waals surface area contributed by atoms with Gasteiger partial charge in [-0.25, -0.2) is 4.79 Å². The Balaban J connectivity index is 0.00000216. The van der Waals surface area contributed by atoms with Crippen molar-refractivity contribution >= 4 is 41.7 Å². The van der Waals surface area contributed by atoms with Crippen LogP contribution in [0.25, 0.3) is 22.2 Å². The summed E-state index contributed by atoms with van der Waals surface area (Å²) in [6.07, 6.45) is 4.18. The number of aromatic amines is 1. The van der Waals surface area contributed by atoms with E-state index in [2.05, 4.69) is 32.9 Å². The number of hydrogen-bond donors (Lipinski definition) is 4. The van der Waals surface area contributed by atoms with Crippen molar-refractivity contribution in [3.05, 3.63) is 51.4 Å². The first kappa shape index (κ1) is 28.7. The van der Waals surface area contributed by atoms with Crippen LogP contribution in [0.1, 0.15) is 47.8 Å². The molecule has 4 N–H and O–H groups in total. The average molecular weight is 525 g/mol. The van der Waals surface area contributed by atoms with Crippen LogP contribution in [-0.4, -0.2) is 56.8 Å². The summed E-state index contributed by atoms with van der Waals surface area (Å²) in [4.78, 5) is 28.8. The Morgan fingerprint density at radius 2 is 1.94 bits per heavy atom. The van der Waals surface area contributed by atoms with Crippen LogP contribution in [0.2, 0.25) is 0 Å². The summed E-state index contributed by atoms with van der Waals surface area (Å²) in [6.45, 7) is 4.70. The Bertz CT molecular complexity index is 1250. The van der Waals surface area contributed by atoms with E-state index >= 15 is 0 Å². The second-order valence-electron chi connectivity index (χ2n) is 8.92. The number of carbonyl (C=O) groups is 1. The maximum absolute atomic E-state index is 12.3. The molecule has 3 aromatic rings. The standard InChI is InChI=1S/C25H32N4O4.2ClH/c1-4-19-22(27-24(31)21(23(19)30)25(32)33)15-8-9-20-16(11-15)12-18(29(20)3)14-26-13-17-7-5-6-10-28(17)2;;/h8-9,11-12,17,26H,4-7,10,13-14H2,1-3H3,(H,32,33)(H2,27,30,31);2*1H. The molecule has 0 radical (unpaired) electrons. The zero-order valence-corrected chi connectivity index (χ0v) is 21.9. The molecule has 1 fully saturated rings. The number of rotatable bonds is 7. The van der Waals surface area contributed by atoms with Gasteiger partial charge in [0.05, 0.1) is 5.69 Å². The fraction of sp³-hybridized carbons (Fsp3) is 0.440. The number of nitrogens with one attached hydrogen (secondary N) is 2. The van der Waals surface area contributed by atoms with Crippen molar-refractivity contribution in [1.82, 2.24) is 19.8 Å². The number of benzene rings is 1. The van der Waals surface area contributed by atoms with Crippen molar-refractivity contribution in [1.29, 1.82) is 0 Å². The fourth-order valence-corrected chi connectivity index (χ4v) is 4.92. The van der Waals surface area contributed by atoms with Gasteiger partial charge in [-0.1, -0.05) is 19.4 Å². The maximum Gasteiger partial charge on any atom is 0.345 e. The number of nitrogens with zero attached hydrogens (tertiary/aromatic N) is 2. The van der Waals surface area contributed by atoms with Gasteiger partial charge in [0, 0.05) is 48.3 Å². The number of aromatic nitrogens is 2. The number of H-pyrrole nitrogens is 1. The molecule has 1 aromatic carbocycles. The predicted molar refractivity (Wildman–Crippen MR) is 143 cm³/mol. The van der Waals surface area contributed by atoms with E-state index in [1.807, 2.05) is 32.2 Å². The third kappa shape index (κ3) is 5.67. The van der Waals surface area contributed by atoms with Crippen LogP contribution in [-0.2, 0) is 20.0 Å². The lowest BCUT2D eigenvalue weighted by Crippen LogP contribution is -2.42. The molecule has 0 bridgehead atoms. The topological polar surface area (TPSA) is 111 Å². The first-order chi connectivity index (χ1) is 15.8. The lowest BCUT2D eigenvalue weighted by atomic mass is 9.99. The van der Waals surface area contributed by atoms with Gasteiger partial charge < -0.3 is 30.0 Å². The number of likely N-dealkylation sites (tertiary alicyclic amines) is 1. The van der Waals surface area contributed by atoms with Crippen LogP contribution in [0, 0.1) is 0 Å². The van der Waals surface area contributed by atoms with Crippen molar-refractivity contribution in [2.45, 2.75) is 45.2 Å². The van der Waals surface area contributed by atoms with Crippen molar-refractivity contribution in [2.75, 3.05) is 20.1 Å². The smallest absolute Gasteiger partial charge is 0.345 e. The van der Waals surface area contributed by atoms with Gasteiger partial charge in [-0.05, 0) is 56.6 Å². The number of likely N-dealkylation sites (N-methyl/N-ethyl adjacent to an activating group) is 1. The van der Waals surface area contributed by atoms with Crippen LogP contribution in [0.5, 0.6) is 5.75 Å². The Kier molecular flexibility index (Phi) is 9.80. The van der Waals surface area contributed by atoms with Gasteiger partial charge in [0.25, 0.3) is 5.56 Å². The summed E-state index contributed by atoms with van der Waals surface area (Å²) in [6, 6.07) is 8.55. The molecule has 1 unspecified atom stereocenters. The molecular weight excluding hydrogens is 491 g/mol. The predicted octanol–water partition coefficient (Wildman–Crippen LogP) is 3.92. The maximum atomic E-state index is 12.3. The second-order valence-corrected chi connectivity index (χ2v) is 8.92. The highest BCUT2D eigenvalue weighted by molar-refractivity contribution is 5.92. The molecule has 1 aliphatic heterocycles. The SMILES string of the molecule is CCc1c(-c2ccc3c(c2)cc(CNCC2CCCCN2C)n3C)[nH]c(=O)c(C(=O)O)c1O.Cl.Cl. The van der Waals surface area contributed by atoms with E-state index in [-0.39, 0.29) is 24.8 Å². The molecule has 1 aliphatic rings. The minimum absolute atomic E-state index is 0. The molecule has 0 saturated carbocycles. The van der Waals surface area contributed by atoms with E-state index in [1.165, 1.54) is 19.3 Å². The van der Waals surface area contributed by atoms with E-state index in [9.17, 15) is 19.8 Å². The van der Waals surface area contributed by atoms with E-state index in [0.29, 0.717) is 23.7 Å². The highest BCUT2D eigenvalue weighted by Crippen LogP contribution is 2.32. The summed E-state index contributed by atoms with van der Waals surface area (Å²) in [5, 5.41) is 24.4. The van der Waals surface area contributed by atoms with Crippen LogP contribution < -0.4 is 10.9 Å². The van der Waals surface area contributed by atoms with E-state index in [0.717, 1.165) is 41.8 Å². The Hall–Kier alpha value is -2.52. The highest BCUT2D eigenvalue weighted by Gasteiger charge is 2.22. The number of aryl methyl sites for hydroxylation is 1. The van der Waals surface area contributed by atoms with Crippen LogP contribution in [0.3, 0.4) is 0 Å². The molecule has 3 heterocycles. The van der Waals surface area contributed by atoms with Crippen molar-refractivity contribution < 1.29 is 15.0 Å². The minimum Gasteiger partial charge on any atom is -0.506 e. The molecule has 192 valence electrons. The van der Waals surface area contributed by atoms with Crippen molar-refractivity contribution in [3.63, 3.8) is 0 Å². The Morgan fingerprint density at radius 1 is 1.20 bits per heavy atom. The van der Waals surface area contributed by atoms with Gasteiger partial charge in [0.1, 0.15) is 5.75 Å². The molecule has 1 saturated heterocycles. The van der Waals surface area contributed by atoms with Gasteiger partial charge in [-0.3, -0.25) is 4.79 Å². The number of aromatic carboxylic acids is 1. The number of carboxylic acids is 1. The summed E-state index contributed by atoms with van der Waals surface area (Å²) >= 11 is 0. The van der Waals surface area contributed by atoms with E-state index in [1.54, 1.807) is 0 Å². The highest BCUT2D eigenvalue weighted by atomic mass is 35.5. The quantitative estimate of drug-likeness (QED) is 0.372. The average Bonchev–Trinajstić information content (AvgIpc) is 3.09.